The summed E-state index contributed by atoms with van der Waals surface area (Å²) in [6.07, 6.45) is 2.34. The van der Waals surface area contributed by atoms with E-state index in [1.807, 2.05) is 39.0 Å². The first-order valence-electron chi connectivity index (χ1n) is 11.7. The van der Waals surface area contributed by atoms with Gasteiger partial charge in [0, 0.05) is 49.2 Å². The van der Waals surface area contributed by atoms with E-state index < -0.39 is 10.0 Å². The number of nitrogens with two attached hydrogens (primary N) is 1. The molecule has 3 aromatic rings. The van der Waals surface area contributed by atoms with Crippen molar-refractivity contribution in [3.63, 3.8) is 0 Å². The van der Waals surface area contributed by atoms with Crippen LogP contribution in [0.25, 0.3) is 22.3 Å². The maximum atomic E-state index is 12.4. The first kappa shape index (κ1) is 24.0. The molecule has 0 atom stereocenters. The number of nitrogen functional groups attached to an aromatic ring is 1. The van der Waals surface area contributed by atoms with Crippen molar-refractivity contribution in [3.8, 4) is 22.3 Å². The van der Waals surface area contributed by atoms with Crippen LogP contribution >= 0.6 is 0 Å². The number of nitrogens with zero attached hydrogens (tertiary/aromatic N) is 2. The highest BCUT2D eigenvalue weighted by Gasteiger charge is 2.16. The van der Waals surface area contributed by atoms with Gasteiger partial charge in [0.25, 0.3) is 0 Å². The Kier molecular flexibility index (Phi) is 7.09. The molecule has 0 unspecified atom stereocenters. The lowest BCUT2D eigenvalue weighted by molar-refractivity contribution is 0.589. The molecule has 0 spiro atoms. The topological polar surface area (TPSA) is 100 Å². The van der Waals surface area contributed by atoms with Gasteiger partial charge in [0.15, 0.2) is 0 Å². The minimum absolute atomic E-state index is 0.0822. The first-order chi connectivity index (χ1) is 16.3. The average Bonchev–Trinajstić information content (AvgIpc) is 2.83. The molecular formula is C26H33N5O2S. The molecule has 1 fully saturated rings. The number of sulfonamides is 1. The van der Waals surface area contributed by atoms with Gasteiger partial charge in [-0.25, -0.2) is 13.4 Å². The molecule has 4 N–H and O–H groups in total. The summed E-state index contributed by atoms with van der Waals surface area (Å²) in [5, 5.41) is 3.38. The number of pyridine rings is 1. The Hall–Kier alpha value is -3.10. The van der Waals surface area contributed by atoms with Gasteiger partial charge in [0.1, 0.15) is 5.82 Å². The van der Waals surface area contributed by atoms with Gasteiger partial charge in [-0.1, -0.05) is 25.1 Å². The number of anilines is 3. The number of aryl methyl sites for hydroxylation is 1. The monoisotopic (exact) mass is 479 g/mol. The van der Waals surface area contributed by atoms with Crippen molar-refractivity contribution >= 4 is 27.2 Å². The predicted octanol–water partition coefficient (Wildman–Crippen LogP) is 4.18. The van der Waals surface area contributed by atoms with Crippen LogP contribution in [0.3, 0.4) is 0 Å². The van der Waals surface area contributed by atoms with Gasteiger partial charge in [-0.2, -0.15) is 0 Å². The molecule has 0 saturated carbocycles. The van der Waals surface area contributed by atoms with Crippen LogP contribution < -0.4 is 20.7 Å². The van der Waals surface area contributed by atoms with Crippen molar-refractivity contribution in [3.05, 3.63) is 59.8 Å². The number of benzene rings is 2. The zero-order valence-electron chi connectivity index (χ0n) is 20.1. The molecule has 1 aromatic heterocycles. The van der Waals surface area contributed by atoms with Crippen molar-refractivity contribution in [2.24, 2.45) is 0 Å². The lowest BCUT2D eigenvalue weighted by Gasteiger charge is -2.29. The predicted molar refractivity (Wildman–Crippen MR) is 142 cm³/mol. The molecule has 2 aromatic carbocycles. The molecule has 34 heavy (non-hydrogen) atoms. The lowest BCUT2D eigenvalue weighted by atomic mass is 9.97. The zero-order valence-corrected chi connectivity index (χ0v) is 20.9. The standard InChI is InChI=1S/C26H33N5O2S/c1-4-13-34(32,33)30-25-16-21(14-18(2)19(25)3)24-15-22(17-29-26(24)27)20-5-7-23(8-6-20)31-11-9-28-10-12-31/h5-8,14-17,28,30H,4,9-13H2,1-3H3,(H2,27,29). The van der Waals surface area contributed by atoms with Crippen LogP contribution in [-0.4, -0.2) is 45.3 Å². The van der Waals surface area contributed by atoms with Crippen LogP contribution in [0.1, 0.15) is 24.5 Å². The van der Waals surface area contributed by atoms with Crippen molar-refractivity contribution in [1.29, 1.82) is 0 Å². The maximum absolute atomic E-state index is 12.4. The first-order valence-corrected chi connectivity index (χ1v) is 13.4. The fraction of sp³-hybridized carbons (Fsp3) is 0.346. The number of hydrogen-bond donors (Lipinski definition) is 3. The number of aromatic nitrogens is 1. The third-order valence-corrected chi connectivity index (χ3v) is 7.79. The molecule has 7 nitrogen and oxygen atoms in total. The zero-order chi connectivity index (χ0) is 24.3. The summed E-state index contributed by atoms with van der Waals surface area (Å²) in [5.41, 5.74) is 13.6. The normalized spacial score (nSPS) is 14.3. The Morgan fingerprint density at radius 2 is 1.74 bits per heavy atom. The van der Waals surface area contributed by atoms with Crippen molar-refractivity contribution in [1.82, 2.24) is 10.3 Å². The van der Waals surface area contributed by atoms with Crippen LogP contribution in [0, 0.1) is 13.8 Å². The van der Waals surface area contributed by atoms with Gasteiger partial charge in [0.2, 0.25) is 10.0 Å². The molecule has 0 aliphatic carbocycles. The highest BCUT2D eigenvalue weighted by Crippen LogP contribution is 2.34. The summed E-state index contributed by atoms with van der Waals surface area (Å²) in [5.74, 6) is 0.491. The van der Waals surface area contributed by atoms with E-state index in [4.69, 9.17) is 5.73 Å². The van der Waals surface area contributed by atoms with E-state index in [0.29, 0.717) is 17.9 Å². The fourth-order valence-electron chi connectivity index (χ4n) is 4.26. The van der Waals surface area contributed by atoms with E-state index in [1.165, 1.54) is 5.69 Å². The van der Waals surface area contributed by atoms with Gasteiger partial charge in [-0.15, -0.1) is 0 Å². The third kappa shape index (κ3) is 5.34. The van der Waals surface area contributed by atoms with Crippen molar-refractivity contribution in [2.75, 3.05) is 47.3 Å². The Morgan fingerprint density at radius 1 is 1.03 bits per heavy atom. The maximum Gasteiger partial charge on any atom is 0.232 e. The largest absolute Gasteiger partial charge is 0.383 e. The molecule has 180 valence electrons. The Bertz CT molecular complexity index is 1270. The number of piperazine rings is 1. The minimum Gasteiger partial charge on any atom is -0.383 e. The van der Waals surface area contributed by atoms with Gasteiger partial charge in [-0.05, 0) is 66.8 Å². The van der Waals surface area contributed by atoms with Crippen LogP contribution in [0.15, 0.2) is 48.7 Å². The second-order valence-electron chi connectivity index (χ2n) is 8.83. The van der Waals surface area contributed by atoms with Crippen LogP contribution in [0.2, 0.25) is 0 Å². The number of nitrogens with one attached hydrogen (secondary N) is 2. The number of rotatable bonds is 7. The molecule has 8 heteroatoms. The van der Waals surface area contributed by atoms with Gasteiger partial charge in [-0.3, -0.25) is 4.72 Å². The van der Waals surface area contributed by atoms with Gasteiger partial charge >= 0.3 is 0 Å². The summed E-state index contributed by atoms with van der Waals surface area (Å²) in [6.45, 7) is 9.74. The second-order valence-corrected chi connectivity index (χ2v) is 10.7. The summed E-state index contributed by atoms with van der Waals surface area (Å²) in [7, 11) is -3.40. The van der Waals surface area contributed by atoms with E-state index in [-0.39, 0.29) is 5.75 Å². The second kappa shape index (κ2) is 10.0. The molecule has 0 amide bonds. The van der Waals surface area contributed by atoms with Gasteiger partial charge < -0.3 is 16.0 Å². The highest BCUT2D eigenvalue weighted by molar-refractivity contribution is 7.92. The molecule has 2 heterocycles. The van der Waals surface area contributed by atoms with Gasteiger partial charge in [0.05, 0.1) is 11.4 Å². The highest BCUT2D eigenvalue weighted by atomic mass is 32.2. The van der Waals surface area contributed by atoms with E-state index in [2.05, 4.69) is 44.2 Å². The Balaban J connectivity index is 1.67. The van der Waals surface area contributed by atoms with Crippen molar-refractivity contribution in [2.45, 2.75) is 27.2 Å². The van der Waals surface area contributed by atoms with E-state index in [1.54, 1.807) is 6.20 Å². The van der Waals surface area contributed by atoms with E-state index in [0.717, 1.165) is 59.6 Å². The summed E-state index contributed by atoms with van der Waals surface area (Å²) >= 11 is 0. The van der Waals surface area contributed by atoms with Crippen molar-refractivity contribution < 1.29 is 8.42 Å². The van der Waals surface area contributed by atoms with Crippen LogP contribution in [0.5, 0.6) is 0 Å². The SMILES string of the molecule is CCCS(=O)(=O)Nc1cc(-c2cc(-c3ccc(N4CCNCC4)cc3)cnc2N)cc(C)c1C. The summed E-state index contributed by atoms with van der Waals surface area (Å²) < 4.78 is 27.6. The quantitative estimate of drug-likeness (QED) is 0.470. The molecule has 1 aliphatic heterocycles. The van der Waals surface area contributed by atoms with Crippen LogP contribution in [-0.2, 0) is 10.0 Å². The minimum atomic E-state index is -3.40. The molecule has 0 radical (unpaired) electrons. The Morgan fingerprint density at radius 3 is 2.41 bits per heavy atom. The number of hydrogen-bond acceptors (Lipinski definition) is 6. The fourth-order valence-corrected chi connectivity index (χ4v) is 5.45. The van der Waals surface area contributed by atoms with Crippen LogP contribution in [0.4, 0.5) is 17.2 Å². The molecule has 1 saturated heterocycles. The molecule has 4 rings (SSSR count). The molecule has 1 aliphatic rings. The Labute approximate surface area is 202 Å². The summed E-state index contributed by atoms with van der Waals surface area (Å²) in [6, 6.07) is 14.4. The van der Waals surface area contributed by atoms with E-state index >= 15 is 0 Å². The smallest absolute Gasteiger partial charge is 0.232 e. The third-order valence-electron chi connectivity index (χ3n) is 6.32. The lowest BCUT2D eigenvalue weighted by Crippen LogP contribution is -2.43. The summed E-state index contributed by atoms with van der Waals surface area (Å²) in [4.78, 5) is 6.83. The average molecular weight is 480 g/mol. The molecular weight excluding hydrogens is 446 g/mol. The van der Waals surface area contributed by atoms with E-state index in [9.17, 15) is 8.42 Å². The molecule has 0 bridgehead atoms.